The molecular weight excluding hydrogens is 491 g/mol. The lowest BCUT2D eigenvalue weighted by Crippen LogP contribution is -2.60. The summed E-state index contributed by atoms with van der Waals surface area (Å²) in [5.74, 6) is 1.46. The van der Waals surface area contributed by atoms with E-state index < -0.39 is 17.8 Å². The van der Waals surface area contributed by atoms with E-state index in [1.807, 2.05) is 11.9 Å². The highest BCUT2D eigenvalue weighted by Gasteiger charge is 2.60. The van der Waals surface area contributed by atoms with E-state index in [2.05, 4.69) is 30.6 Å². The number of halogens is 4. The summed E-state index contributed by atoms with van der Waals surface area (Å²) < 4.78 is 40.3. The molecule has 5 rings (SSSR count). The van der Waals surface area contributed by atoms with Crippen LogP contribution in [0.4, 0.5) is 23.7 Å². The number of anilines is 1. The molecule has 1 heterocycles. The van der Waals surface area contributed by atoms with E-state index in [1.165, 1.54) is 6.07 Å². The third kappa shape index (κ3) is 4.00. The first kappa shape index (κ1) is 25.4. The quantitative estimate of drug-likeness (QED) is 0.465. The zero-order chi connectivity index (χ0) is 26.0. The van der Waals surface area contributed by atoms with Gasteiger partial charge in [-0.05, 0) is 86.0 Å². The van der Waals surface area contributed by atoms with Crippen LogP contribution in [0, 0.1) is 28.6 Å². The zero-order valence-corrected chi connectivity index (χ0v) is 21.5. The maximum absolute atomic E-state index is 13.4. The Bertz CT molecular complexity index is 1110. The fourth-order valence-corrected chi connectivity index (χ4v) is 8.33. The van der Waals surface area contributed by atoms with E-state index >= 15 is 0 Å². The number of fused-ring (bicyclic) bond motifs is 5. The van der Waals surface area contributed by atoms with Gasteiger partial charge in [0.1, 0.15) is 0 Å². The number of hydrogen-bond donors (Lipinski definition) is 2. The number of alkyl halides is 3. The number of carbonyl (C=O) groups is 2. The molecule has 1 aromatic rings. The van der Waals surface area contributed by atoms with Crippen LogP contribution in [0.2, 0.25) is 5.02 Å². The molecule has 36 heavy (non-hydrogen) atoms. The van der Waals surface area contributed by atoms with Crippen LogP contribution in [0.3, 0.4) is 0 Å². The summed E-state index contributed by atoms with van der Waals surface area (Å²) in [5, 5.41) is 5.54. The van der Waals surface area contributed by atoms with Crippen LogP contribution in [0.1, 0.15) is 57.9 Å². The van der Waals surface area contributed by atoms with Gasteiger partial charge in [-0.15, -0.1) is 0 Å². The van der Waals surface area contributed by atoms with Gasteiger partial charge < -0.3 is 15.5 Å². The zero-order valence-electron chi connectivity index (χ0n) is 20.8. The van der Waals surface area contributed by atoms with Gasteiger partial charge in [-0.3, -0.25) is 4.79 Å². The van der Waals surface area contributed by atoms with Gasteiger partial charge in [0.2, 0.25) is 5.91 Å². The monoisotopic (exact) mass is 523 g/mol. The van der Waals surface area contributed by atoms with Crippen molar-refractivity contribution < 1.29 is 22.8 Å². The first-order valence-electron chi connectivity index (χ1n) is 12.7. The van der Waals surface area contributed by atoms with Crippen molar-refractivity contribution in [2.45, 2.75) is 70.6 Å². The van der Waals surface area contributed by atoms with Crippen molar-refractivity contribution in [1.29, 1.82) is 0 Å². The summed E-state index contributed by atoms with van der Waals surface area (Å²) in [7, 11) is 1.90. The standard InChI is InChI=1S/C27H33ClF3N3O2/c1-25-12-10-18-16(5-9-22-26(18,2)13-11-23(35)34(22)3)17(25)7-8-21(25)33-24(36)32-20-14-15(28)4-6-19(20)27(29,30)31/h4,6,11,13-14,16-18,21-22H,5,7-10,12H2,1-3H3,(H2,32,33,36)/t16?,17?,18?,21-,22+,25-,26+/m0/s1. The number of amides is 3. The molecule has 3 fully saturated rings. The van der Waals surface area contributed by atoms with Gasteiger partial charge in [0, 0.05) is 29.6 Å². The van der Waals surface area contributed by atoms with Gasteiger partial charge in [0.05, 0.1) is 11.3 Å². The van der Waals surface area contributed by atoms with E-state index in [0.717, 1.165) is 50.7 Å². The van der Waals surface area contributed by atoms with Gasteiger partial charge >= 0.3 is 12.2 Å². The van der Waals surface area contributed by atoms with Crippen molar-refractivity contribution in [1.82, 2.24) is 10.2 Å². The number of nitrogens with zero attached hydrogens (tertiary/aromatic N) is 1. The third-order valence-corrected chi connectivity index (χ3v) is 10.2. The van der Waals surface area contributed by atoms with Crippen molar-refractivity contribution in [3.8, 4) is 0 Å². The van der Waals surface area contributed by atoms with Crippen LogP contribution < -0.4 is 10.6 Å². The van der Waals surface area contributed by atoms with Gasteiger partial charge in [-0.1, -0.05) is 31.5 Å². The van der Waals surface area contributed by atoms with Gasteiger partial charge in [0.25, 0.3) is 0 Å². The second-order valence-electron chi connectivity index (χ2n) is 11.6. The van der Waals surface area contributed by atoms with Gasteiger partial charge in [-0.25, -0.2) is 4.79 Å². The molecule has 0 aromatic heterocycles. The summed E-state index contributed by atoms with van der Waals surface area (Å²) in [5.41, 5.74) is -1.45. The lowest BCUT2D eigenvalue weighted by Gasteiger charge is -2.60. The summed E-state index contributed by atoms with van der Waals surface area (Å²) in [6.07, 6.45) is 4.99. The van der Waals surface area contributed by atoms with E-state index in [0.29, 0.717) is 17.8 Å². The number of urea groups is 1. The Morgan fingerprint density at radius 1 is 1.11 bits per heavy atom. The molecule has 1 aliphatic heterocycles. The highest BCUT2D eigenvalue weighted by Crippen LogP contribution is 2.63. The van der Waals surface area contributed by atoms with Crippen LogP contribution in [-0.2, 0) is 11.0 Å². The van der Waals surface area contributed by atoms with Gasteiger partial charge in [-0.2, -0.15) is 13.2 Å². The Kier molecular flexibility index (Phi) is 6.13. The highest BCUT2D eigenvalue weighted by molar-refractivity contribution is 6.31. The summed E-state index contributed by atoms with van der Waals surface area (Å²) in [4.78, 5) is 27.1. The number of carbonyl (C=O) groups excluding carboxylic acids is 2. The van der Waals surface area contributed by atoms with Crippen molar-refractivity contribution in [2.24, 2.45) is 28.6 Å². The van der Waals surface area contributed by atoms with Crippen molar-refractivity contribution in [2.75, 3.05) is 12.4 Å². The molecule has 0 radical (unpaired) electrons. The molecule has 3 amide bonds. The molecule has 0 saturated heterocycles. The fourth-order valence-electron chi connectivity index (χ4n) is 8.16. The van der Waals surface area contributed by atoms with Crippen molar-refractivity contribution in [3.05, 3.63) is 40.9 Å². The number of rotatable bonds is 2. The SMILES string of the molecule is CN1C(=O)C=C[C@]2(C)C3CC[C@@]4(C)C(CC[C@@H]4NC(=O)Nc4cc(Cl)ccc4C(F)(F)F)C3CC[C@@H]12. The number of benzene rings is 1. The largest absolute Gasteiger partial charge is 0.418 e. The summed E-state index contributed by atoms with van der Waals surface area (Å²) in [6, 6.07) is 2.64. The average molecular weight is 524 g/mol. The lowest BCUT2D eigenvalue weighted by atomic mass is 9.48. The average Bonchev–Trinajstić information content (AvgIpc) is 3.12. The minimum Gasteiger partial charge on any atom is -0.338 e. The predicted molar refractivity (Wildman–Crippen MR) is 132 cm³/mol. The van der Waals surface area contributed by atoms with E-state index in [9.17, 15) is 22.8 Å². The minimum atomic E-state index is -4.60. The van der Waals surface area contributed by atoms with Crippen LogP contribution in [0.25, 0.3) is 0 Å². The molecule has 196 valence electrons. The molecule has 0 spiro atoms. The second kappa shape index (κ2) is 8.67. The van der Waals surface area contributed by atoms with Crippen molar-refractivity contribution >= 4 is 29.2 Å². The van der Waals surface area contributed by atoms with Crippen LogP contribution in [0.15, 0.2) is 30.4 Å². The molecule has 0 bridgehead atoms. The van der Waals surface area contributed by atoms with Crippen LogP contribution in [-0.4, -0.2) is 36.0 Å². The molecule has 5 nitrogen and oxygen atoms in total. The lowest BCUT2D eigenvalue weighted by molar-refractivity contribution is -0.138. The van der Waals surface area contributed by atoms with E-state index in [-0.39, 0.29) is 39.5 Å². The Morgan fingerprint density at radius 3 is 2.58 bits per heavy atom. The Labute approximate surface area is 214 Å². The second-order valence-corrected chi connectivity index (χ2v) is 12.0. The molecule has 9 heteroatoms. The highest BCUT2D eigenvalue weighted by atomic mass is 35.5. The molecular formula is C27H33ClF3N3O2. The predicted octanol–water partition coefficient (Wildman–Crippen LogP) is 6.49. The van der Waals surface area contributed by atoms with E-state index in [4.69, 9.17) is 11.6 Å². The van der Waals surface area contributed by atoms with Crippen LogP contribution >= 0.6 is 11.6 Å². The smallest absolute Gasteiger partial charge is 0.338 e. The molecule has 3 saturated carbocycles. The van der Waals surface area contributed by atoms with Crippen molar-refractivity contribution in [3.63, 3.8) is 0 Å². The number of likely N-dealkylation sites (N-methyl/N-ethyl adjacent to an activating group) is 1. The number of nitrogens with one attached hydrogen (secondary N) is 2. The Morgan fingerprint density at radius 2 is 1.86 bits per heavy atom. The molecule has 4 aliphatic rings. The molecule has 3 aliphatic carbocycles. The van der Waals surface area contributed by atoms with Gasteiger partial charge in [0.15, 0.2) is 0 Å². The topological polar surface area (TPSA) is 61.4 Å². The maximum Gasteiger partial charge on any atom is 0.418 e. The molecule has 1 aromatic carbocycles. The third-order valence-electron chi connectivity index (χ3n) is 9.97. The first-order chi connectivity index (χ1) is 16.8. The molecule has 3 unspecified atom stereocenters. The normalized spacial score (nSPS) is 37.7. The minimum absolute atomic E-state index is 0.0592. The maximum atomic E-state index is 13.4. The Hall–Kier alpha value is -2.22. The van der Waals surface area contributed by atoms with Crippen LogP contribution in [0.5, 0.6) is 0 Å². The first-order valence-corrected chi connectivity index (χ1v) is 13.1. The molecule has 2 N–H and O–H groups in total. The molecule has 7 atom stereocenters. The Balaban J connectivity index is 1.32. The fraction of sp³-hybridized carbons (Fsp3) is 0.630. The summed E-state index contributed by atoms with van der Waals surface area (Å²) in [6.45, 7) is 4.52. The van der Waals surface area contributed by atoms with E-state index in [1.54, 1.807) is 6.08 Å². The summed E-state index contributed by atoms with van der Waals surface area (Å²) >= 11 is 5.91. The number of hydrogen-bond acceptors (Lipinski definition) is 2.